The van der Waals surface area contributed by atoms with Gasteiger partial charge in [-0.05, 0) is 25.1 Å². The van der Waals surface area contributed by atoms with E-state index in [4.69, 9.17) is 9.47 Å². The van der Waals surface area contributed by atoms with E-state index in [9.17, 15) is 9.59 Å². The molecule has 3 rings (SSSR count). The lowest BCUT2D eigenvalue weighted by Gasteiger charge is -2.25. The zero-order valence-corrected chi connectivity index (χ0v) is 14.8. The lowest BCUT2D eigenvalue weighted by atomic mass is 10.2. The topological polar surface area (TPSA) is 96.6 Å². The van der Waals surface area contributed by atoms with Crippen LogP contribution in [0.1, 0.15) is 29.5 Å². The smallest absolute Gasteiger partial charge is 0.274 e. The summed E-state index contributed by atoms with van der Waals surface area (Å²) < 4.78 is 10.9. The van der Waals surface area contributed by atoms with Gasteiger partial charge in [-0.25, -0.2) is 0 Å². The summed E-state index contributed by atoms with van der Waals surface area (Å²) in [5.41, 5.74) is 1.00. The van der Waals surface area contributed by atoms with Gasteiger partial charge in [0.05, 0.1) is 12.8 Å². The number of H-pyrrole nitrogens is 1. The zero-order chi connectivity index (χ0) is 18.5. The first-order valence-corrected chi connectivity index (χ1v) is 8.45. The second-order valence-corrected chi connectivity index (χ2v) is 6.15. The molecule has 2 N–H and O–H groups in total. The number of ether oxygens (including phenoxy) is 2. The van der Waals surface area contributed by atoms with Gasteiger partial charge in [-0.1, -0.05) is 6.07 Å². The third-order valence-corrected chi connectivity index (χ3v) is 4.25. The normalized spacial score (nSPS) is 17.4. The van der Waals surface area contributed by atoms with Gasteiger partial charge >= 0.3 is 0 Å². The number of carbonyl (C=O) groups excluding carboxylic acids is 2. The summed E-state index contributed by atoms with van der Waals surface area (Å²) in [6.07, 6.45) is 0.298. The molecule has 2 heterocycles. The van der Waals surface area contributed by atoms with E-state index in [-0.39, 0.29) is 24.5 Å². The molecule has 8 heteroatoms. The number of hydrogen-bond donors (Lipinski definition) is 2. The van der Waals surface area contributed by atoms with E-state index in [0.29, 0.717) is 42.4 Å². The monoisotopic (exact) mass is 358 g/mol. The number of aromatic nitrogens is 2. The summed E-state index contributed by atoms with van der Waals surface area (Å²) >= 11 is 0. The SMILES string of the molecule is COc1cccc(OCc2cc(C(=O)N3CCC(=O)NC[C@H]3C)n[nH]2)c1. The Balaban J connectivity index is 1.63. The van der Waals surface area contributed by atoms with Crippen LogP contribution in [0.4, 0.5) is 0 Å². The van der Waals surface area contributed by atoms with Crippen molar-refractivity contribution in [3.63, 3.8) is 0 Å². The van der Waals surface area contributed by atoms with Crippen LogP contribution < -0.4 is 14.8 Å². The number of carbonyl (C=O) groups is 2. The zero-order valence-electron chi connectivity index (χ0n) is 14.8. The maximum absolute atomic E-state index is 12.7. The van der Waals surface area contributed by atoms with E-state index >= 15 is 0 Å². The number of nitrogens with one attached hydrogen (secondary N) is 2. The molecular formula is C18H22N4O4. The highest BCUT2D eigenvalue weighted by Gasteiger charge is 2.26. The van der Waals surface area contributed by atoms with Crippen molar-refractivity contribution in [3.05, 3.63) is 41.7 Å². The molecule has 0 bridgehead atoms. The number of amides is 2. The lowest BCUT2D eigenvalue weighted by molar-refractivity contribution is -0.120. The molecule has 138 valence electrons. The van der Waals surface area contributed by atoms with Crippen molar-refractivity contribution < 1.29 is 19.1 Å². The molecule has 1 fully saturated rings. The molecule has 0 unspecified atom stereocenters. The quantitative estimate of drug-likeness (QED) is 0.841. The first-order chi connectivity index (χ1) is 12.6. The molecule has 1 atom stereocenters. The van der Waals surface area contributed by atoms with Gasteiger partial charge in [0.25, 0.3) is 5.91 Å². The van der Waals surface area contributed by atoms with Gasteiger partial charge in [-0.2, -0.15) is 5.10 Å². The fourth-order valence-corrected chi connectivity index (χ4v) is 2.75. The van der Waals surface area contributed by atoms with E-state index in [1.54, 1.807) is 24.1 Å². The molecule has 1 saturated heterocycles. The van der Waals surface area contributed by atoms with Gasteiger partial charge in [0.2, 0.25) is 5.91 Å². The summed E-state index contributed by atoms with van der Waals surface area (Å²) in [5, 5.41) is 9.72. The number of aromatic amines is 1. The summed E-state index contributed by atoms with van der Waals surface area (Å²) in [6.45, 7) is 2.99. The molecule has 0 radical (unpaired) electrons. The van der Waals surface area contributed by atoms with Gasteiger partial charge in [-0.15, -0.1) is 0 Å². The van der Waals surface area contributed by atoms with E-state index in [2.05, 4.69) is 15.5 Å². The molecule has 0 spiro atoms. The predicted octanol–water partition coefficient (Wildman–Crippen LogP) is 1.35. The lowest BCUT2D eigenvalue weighted by Crippen LogP contribution is -2.42. The average Bonchev–Trinajstić information content (AvgIpc) is 3.07. The van der Waals surface area contributed by atoms with Crippen molar-refractivity contribution in [2.45, 2.75) is 26.0 Å². The predicted molar refractivity (Wildman–Crippen MR) is 94.0 cm³/mol. The van der Waals surface area contributed by atoms with Crippen LogP contribution in [0.15, 0.2) is 30.3 Å². The highest BCUT2D eigenvalue weighted by Crippen LogP contribution is 2.20. The fourth-order valence-electron chi connectivity index (χ4n) is 2.75. The molecule has 0 aliphatic carbocycles. The second kappa shape index (κ2) is 7.90. The van der Waals surface area contributed by atoms with Gasteiger partial charge in [-0.3, -0.25) is 14.7 Å². The first-order valence-electron chi connectivity index (χ1n) is 8.45. The third-order valence-electron chi connectivity index (χ3n) is 4.25. The third kappa shape index (κ3) is 4.14. The maximum atomic E-state index is 12.7. The summed E-state index contributed by atoms with van der Waals surface area (Å²) in [5.74, 6) is 1.14. The van der Waals surface area contributed by atoms with E-state index in [1.807, 2.05) is 25.1 Å². The Labute approximate surface area is 151 Å². The van der Waals surface area contributed by atoms with Gasteiger partial charge < -0.3 is 19.7 Å². The van der Waals surface area contributed by atoms with Gasteiger partial charge in [0.1, 0.15) is 18.1 Å². The van der Waals surface area contributed by atoms with Crippen LogP contribution in [-0.2, 0) is 11.4 Å². The van der Waals surface area contributed by atoms with Crippen molar-refractivity contribution in [2.75, 3.05) is 20.2 Å². The number of methoxy groups -OCH3 is 1. The summed E-state index contributed by atoms with van der Waals surface area (Å²) in [6, 6.07) is 8.88. The van der Waals surface area contributed by atoms with Gasteiger partial charge in [0, 0.05) is 31.6 Å². The van der Waals surface area contributed by atoms with E-state index in [1.165, 1.54) is 0 Å². The minimum absolute atomic E-state index is 0.0402. The van der Waals surface area contributed by atoms with E-state index < -0.39 is 0 Å². The Bertz CT molecular complexity index is 789. The Hall–Kier alpha value is -3.03. The Morgan fingerprint density at radius 2 is 2.15 bits per heavy atom. The van der Waals surface area contributed by atoms with Crippen LogP contribution in [-0.4, -0.2) is 53.2 Å². The highest BCUT2D eigenvalue weighted by atomic mass is 16.5. The van der Waals surface area contributed by atoms with E-state index in [0.717, 1.165) is 0 Å². The molecule has 2 amide bonds. The molecular weight excluding hydrogens is 336 g/mol. The Kier molecular flexibility index (Phi) is 5.40. The largest absolute Gasteiger partial charge is 0.497 e. The maximum Gasteiger partial charge on any atom is 0.274 e. The van der Waals surface area contributed by atoms with Crippen molar-refractivity contribution in [3.8, 4) is 11.5 Å². The number of hydrogen-bond acceptors (Lipinski definition) is 5. The molecule has 26 heavy (non-hydrogen) atoms. The number of benzene rings is 1. The van der Waals surface area contributed by atoms with Crippen LogP contribution >= 0.6 is 0 Å². The summed E-state index contributed by atoms with van der Waals surface area (Å²) in [4.78, 5) is 25.9. The highest BCUT2D eigenvalue weighted by molar-refractivity contribution is 5.93. The number of rotatable bonds is 5. The van der Waals surface area contributed by atoms with Crippen LogP contribution in [0.25, 0.3) is 0 Å². The molecule has 1 aromatic heterocycles. The van der Waals surface area contributed by atoms with Crippen molar-refractivity contribution in [2.24, 2.45) is 0 Å². The van der Waals surface area contributed by atoms with Crippen LogP contribution in [0, 0.1) is 0 Å². The fraction of sp³-hybridized carbons (Fsp3) is 0.389. The first kappa shape index (κ1) is 17.8. The van der Waals surface area contributed by atoms with Crippen molar-refractivity contribution in [1.82, 2.24) is 20.4 Å². The van der Waals surface area contributed by atoms with Gasteiger partial charge in [0.15, 0.2) is 5.69 Å². The Morgan fingerprint density at radius 3 is 2.96 bits per heavy atom. The van der Waals surface area contributed by atoms with Crippen molar-refractivity contribution >= 4 is 11.8 Å². The number of nitrogens with zero attached hydrogens (tertiary/aromatic N) is 2. The minimum atomic E-state index is -0.196. The molecule has 1 aliphatic rings. The molecule has 1 aromatic carbocycles. The molecule has 8 nitrogen and oxygen atoms in total. The van der Waals surface area contributed by atoms with Crippen LogP contribution in [0.3, 0.4) is 0 Å². The minimum Gasteiger partial charge on any atom is -0.497 e. The standard InChI is InChI=1S/C18H22N4O4/c1-12-10-19-17(23)6-7-22(12)18(24)16-8-13(20-21-16)11-26-15-5-3-4-14(9-15)25-2/h3-5,8-9,12H,6-7,10-11H2,1-2H3,(H,19,23)(H,20,21)/t12-/m1/s1. The van der Waals surface area contributed by atoms with Crippen molar-refractivity contribution in [1.29, 1.82) is 0 Å². The van der Waals surface area contributed by atoms with Crippen LogP contribution in [0.5, 0.6) is 11.5 Å². The molecule has 1 aliphatic heterocycles. The molecule has 2 aromatic rings. The Morgan fingerprint density at radius 1 is 1.35 bits per heavy atom. The average molecular weight is 358 g/mol. The molecule has 0 saturated carbocycles. The summed E-state index contributed by atoms with van der Waals surface area (Å²) in [7, 11) is 1.60. The second-order valence-electron chi connectivity index (χ2n) is 6.15. The van der Waals surface area contributed by atoms with Crippen LogP contribution in [0.2, 0.25) is 0 Å².